The van der Waals surface area contributed by atoms with Crippen LogP contribution in [-0.2, 0) is 29.1 Å². The van der Waals surface area contributed by atoms with Gasteiger partial charge in [0, 0.05) is 5.30 Å². The molecule has 0 aliphatic carbocycles. The Morgan fingerprint density at radius 3 is 1.47 bits per heavy atom. The van der Waals surface area contributed by atoms with Crippen LogP contribution < -0.4 is 15.9 Å². The number of benzene rings is 3. The first-order valence-electron chi connectivity index (χ1n) is 8.85. The molecule has 0 atom stereocenters. The topological polar surface area (TPSA) is 81.7 Å². The molecular formula is C24H27N2O2PRu+. The van der Waals surface area contributed by atoms with Crippen molar-refractivity contribution < 1.29 is 29.1 Å². The number of aryl methyl sites for hydroxylation is 1. The summed E-state index contributed by atoms with van der Waals surface area (Å²) in [5.41, 5.74) is 15.0. The molecule has 0 aromatic heterocycles. The minimum absolute atomic E-state index is 0. The SMILES string of the molecule is [CH-]=O.[CH-]=O.[CH2-]c1cccc(C)c1[PH+](c1ccccc1)c1ccccc1.[NH-]CC[NH-].[Ru+5]. The minimum atomic E-state index is -1.00. The average Bonchev–Trinajstić information content (AvgIpc) is 2.80. The van der Waals surface area contributed by atoms with Crippen LogP contribution in [0.1, 0.15) is 11.1 Å². The van der Waals surface area contributed by atoms with Crippen LogP contribution in [0, 0.1) is 13.8 Å². The summed E-state index contributed by atoms with van der Waals surface area (Å²) in [5, 5.41) is 4.24. The molecule has 0 aliphatic rings. The molecule has 6 heteroatoms. The Bertz CT molecular complexity index is 741. The molecule has 0 heterocycles. The van der Waals surface area contributed by atoms with Gasteiger partial charge in [-0.05, 0) is 31.2 Å². The molecule has 3 aromatic rings. The van der Waals surface area contributed by atoms with E-state index in [4.69, 9.17) is 21.1 Å². The Morgan fingerprint density at radius 2 is 1.13 bits per heavy atom. The number of hydrogen-bond donors (Lipinski definition) is 0. The molecule has 0 unspecified atom stereocenters. The van der Waals surface area contributed by atoms with Gasteiger partial charge in [-0.25, -0.2) is 0 Å². The molecule has 3 rings (SSSR count). The molecule has 2 N–H and O–H groups in total. The maximum absolute atomic E-state index is 7.75. The molecule has 157 valence electrons. The van der Waals surface area contributed by atoms with Gasteiger partial charge >= 0.3 is 19.5 Å². The zero-order chi connectivity index (χ0) is 22.1. The number of nitrogens with one attached hydrogen (secondary N) is 2. The molecule has 30 heavy (non-hydrogen) atoms. The van der Waals surface area contributed by atoms with Crippen LogP contribution in [-0.4, -0.2) is 26.7 Å². The van der Waals surface area contributed by atoms with Crippen LogP contribution in [0.5, 0.6) is 0 Å². The van der Waals surface area contributed by atoms with E-state index in [0.717, 1.165) is 5.56 Å². The molecule has 0 fully saturated rings. The Kier molecular flexibility index (Phi) is 18.9. The van der Waals surface area contributed by atoms with Gasteiger partial charge in [-0.3, -0.25) is 13.6 Å². The first-order valence-corrected chi connectivity index (χ1v) is 10.3. The summed E-state index contributed by atoms with van der Waals surface area (Å²) < 4.78 is 0. The summed E-state index contributed by atoms with van der Waals surface area (Å²) in [4.78, 5) is 15.5. The van der Waals surface area contributed by atoms with Crippen molar-refractivity contribution in [2.24, 2.45) is 0 Å². The first-order chi connectivity index (χ1) is 14.2. The minimum Gasteiger partial charge on any atom is -0.679 e. The second-order valence-corrected chi connectivity index (χ2v) is 8.12. The van der Waals surface area contributed by atoms with Gasteiger partial charge in [-0.15, -0.1) is 6.07 Å². The van der Waals surface area contributed by atoms with Crippen LogP contribution in [0.2, 0.25) is 0 Å². The largest absolute Gasteiger partial charge is 5.00 e. The fraction of sp³-hybridized carbons (Fsp3) is 0.125. The Morgan fingerprint density at radius 1 is 0.733 bits per heavy atom. The van der Waals surface area contributed by atoms with E-state index < -0.39 is 7.92 Å². The first kappa shape index (κ1) is 30.0. The molecule has 1 radical (unpaired) electrons. The average molecular weight is 508 g/mol. The second kappa shape index (κ2) is 18.8. The maximum Gasteiger partial charge on any atom is 5.00 e. The van der Waals surface area contributed by atoms with Gasteiger partial charge in [0.25, 0.3) is 0 Å². The van der Waals surface area contributed by atoms with Gasteiger partial charge in [-0.2, -0.15) is 31.6 Å². The molecule has 3 aromatic carbocycles. The van der Waals surface area contributed by atoms with E-state index in [0.29, 0.717) is 0 Å². The third kappa shape index (κ3) is 9.56. The van der Waals surface area contributed by atoms with Crippen LogP contribution >= 0.6 is 7.92 Å². The summed E-state index contributed by atoms with van der Waals surface area (Å²) in [7, 11) is -1.00. The maximum atomic E-state index is 7.75. The predicted octanol–water partition coefficient (Wildman–Crippen LogP) is 4.21. The predicted molar refractivity (Wildman–Crippen MR) is 128 cm³/mol. The van der Waals surface area contributed by atoms with Crippen LogP contribution in [0.25, 0.3) is 11.5 Å². The van der Waals surface area contributed by atoms with Gasteiger partial charge in [-0.1, -0.05) is 48.0 Å². The van der Waals surface area contributed by atoms with Crippen molar-refractivity contribution in [1.29, 1.82) is 0 Å². The van der Waals surface area contributed by atoms with Crippen molar-refractivity contribution in [3.05, 3.63) is 108 Å². The van der Waals surface area contributed by atoms with Crippen molar-refractivity contribution >= 4 is 37.4 Å². The monoisotopic (exact) mass is 508 g/mol. The molecule has 0 saturated heterocycles. The quantitative estimate of drug-likeness (QED) is 0.230. The van der Waals surface area contributed by atoms with Crippen molar-refractivity contribution in [3.63, 3.8) is 0 Å². The van der Waals surface area contributed by atoms with Gasteiger partial charge in [0.2, 0.25) is 0 Å². The third-order valence-corrected chi connectivity index (χ3v) is 6.90. The molecule has 0 amide bonds. The molecule has 0 bridgehead atoms. The Balaban J connectivity index is 0. The van der Waals surface area contributed by atoms with Crippen molar-refractivity contribution in [3.8, 4) is 0 Å². The number of hydrogen-bond acceptors (Lipinski definition) is 2. The van der Waals surface area contributed by atoms with Gasteiger partial charge in [0.1, 0.15) is 0 Å². The summed E-state index contributed by atoms with van der Waals surface area (Å²) in [5.74, 6) is 0. The second-order valence-electron chi connectivity index (χ2n) is 5.72. The van der Waals surface area contributed by atoms with Crippen molar-refractivity contribution in [1.82, 2.24) is 0 Å². The van der Waals surface area contributed by atoms with Crippen LogP contribution in [0.15, 0.2) is 78.9 Å². The van der Waals surface area contributed by atoms with Crippen molar-refractivity contribution in [2.45, 2.75) is 6.92 Å². The number of carbonyl (C=O) groups excluding carboxylic acids is 2. The zero-order valence-corrected chi connectivity index (χ0v) is 19.7. The van der Waals surface area contributed by atoms with Crippen LogP contribution in [0.3, 0.4) is 0 Å². The molecule has 4 nitrogen and oxygen atoms in total. The van der Waals surface area contributed by atoms with Crippen LogP contribution in [0.4, 0.5) is 0 Å². The van der Waals surface area contributed by atoms with E-state index in [1.165, 1.54) is 21.5 Å². The summed E-state index contributed by atoms with van der Waals surface area (Å²) in [6.45, 7) is 13.4. The summed E-state index contributed by atoms with van der Waals surface area (Å²) in [6.07, 6.45) is 0. The molecule has 0 spiro atoms. The van der Waals surface area contributed by atoms with Crippen molar-refractivity contribution in [2.75, 3.05) is 13.1 Å². The van der Waals surface area contributed by atoms with E-state index >= 15 is 0 Å². The standard InChI is InChI=1S/C20H18P.C2H6N2.2CHO.Ru/c1-16-10-9-11-17(2)20(16)21(18-12-5-3-6-13-18)19-14-7-4-8-15-19;3-1-2-4;2*1-2;/h3-15H,1H2,2H3;3-4H,1-2H2;2*1H;/q-1;-2;2*-1;+5/p+1. The summed E-state index contributed by atoms with van der Waals surface area (Å²) >= 11 is 0. The van der Waals surface area contributed by atoms with E-state index in [-0.39, 0.29) is 32.6 Å². The Labute approximate surface area is 194 Å². The van der Waals surface area contributed by atoms with E-state index in [2.05, 4.69) is 106 Å². The van der Waals surface area contributed by atoms with Gasteiger partial charge < -0.3 is 21.1 Å². The Hall–Kier alpha value is -2.16. The van der Waals surface area contributed by atoms with E-state index in [1.807, 2.05) is 0 Å². The third-order valence-electron chi connectivity index (χ3n) is 3.86. The van der Waals surface area contributed by atoms with E-state index in [1.54, 1.807) is 0 Å². The zero-order valence-electron chi connectivity index (χ0n) is 17.0. The fourth-order valence-electron chi connectivity index (χ4n) is 2.75. The number of rotatable bonds is 4. The summed E-state index contributed by atoms with van der Waals surface area (Å²) in [6, 6.07) is 28.1. The van der Waals surface area contributed by atoms with Gasteiger partial charge in [0.15, 0.2) is 0 Å². The normalized spacial score (nSPS) is 8.80. The molecular weight excluding hydrogens is 480 g/mol. The fourth-order valence-corrected chi connectivity index (χ4v) is 5.60. The molecule has 0 aliphatic heterocycles. The molecule has 0 saturated carbocycles. The van der Waals surface area contributed by atoms with E-state index in [9.17, 15) is 0 Å². The smallest absolute Gasteiger partial charge is 0.679 e. The van der Waals surface area contributed by atoms with Gasteiger partial charge in [0.05, 0.1) is 18.5 Å².